The molecule has 0 radical (unpaired) electrons. The lowest BCUT2D eigenvalue weighted by Gasteiger charge is -2.14. The van der Waals surface area contributed by atoms with Crippen molar-refractivity contribution in [3.63, 3.8) is 0 Å². The summed E-state index contributed by atoms with van der Waals surface area (Å²) in [6.07, 6.45) is 4.81. The summed E-state index contributed by atoms with van der Waals surface area (Å²) in [5, 5.41) is 5.29. The molecule has 2 aromatic rings. The maximum absolute atomic E-state index is 4.41. The number of hydrogen-bond acceptors (Lipinski definition) is 2. The highest BCUT2D eigenvalue weighted by Crippen LogP contribution is 2.17. The molecule has 0 N–H and O–H groups in total. The Morgan fingerprint density at radius 1 is 1.30 bits per heavy atom. The topological polar surface area (TPSA) is 30.7 Å². The molecule has 2 rings (SSSR count). The van der Waals surface area contributed by atoms with Crippen molar-refractivity contribution in [3.8, 4) is 0 Å². The van der Waals surface area contributed by atoms with Crippen molar-refractivity contribution in [2.24, 2.45) is 5.92 Å². The highest BCUT2D eigenvalue weighted by atomic mass is 79.9. The van der Waals surface area contributed by atoms with E-state index in [0.29, 0.717) is 5.92 Å². The first-order chi connectivity index (χ1) is 9.72. The Bertz CT molecular complexity index is 536. The van der Waals surface area contributed by atoms with Crippen molar-refractivity contribution >= 4 is 15.9 Å². The molecule has 108 valence electrons. The van der Waals surface area contributed by atoms with E-state index in [2.05, 4.69) is 64.1 Å². The molecule has 0 saturated heterocycles. The maximum Gasteiger partial charge on any atom is 0.138 e. The zero-order valence-electron chi connectivity index (χ0n) is 12.2. The quantitative estimate of drug-likeness (QED) is 0.720. The number of aromatic nitrogens is 3. The summed E-state index contributed by atoms with van der Waals surface area (Å²) in [5.74, 6) is 1.65. The zero-order valence-corrected chi connectivity index (χ0v) is 13.8. The second-order valence-electron chi connectivity index (χ2n) is 5.32. The maximum atomic E-state index is 4.41. The molecule has 0 aliphatic rings. The number of nitrogens with zero attached hydrogens (tertiary/aromatic N) is 3. The smallest absolute Gasteiger partial charge is 0.138 e. The number of halogens is 1. The number of alkyl halides is 1. The van der Waals surface area contributed by atoms with Gasteiger partial charge in [0.15, 0.2) is 0 Å². The lowest BCUT2D eigenvalue weighted by Crippen LogP contribution is -2.15. The minimum Gasteiger partial charge on any atom is -0.250 e. The minimum atomic E-state index is 0.552. The van der Waals surface area contributed by atoms with E-state index in [0.717, 1.165) is 37.0 Å². The summed E-state index contributed by atoms with van der Waals surface area (Å²) in [5.41, 5.74) is 2.72. The summed E-state index contributed by atoms with van der Waals surface area (Å²) < 4.78 is 2.03. The molecular formula is C16H22BrN3. The van der Waals surface area contributed by atoms with Gasteiger partial charge in [-0.1, -0.05) is 52.7 Å². The van der Waals surface area contributed by atoms with E-state index in [1.54, 1.807) is 6.33 Å². The Morgan fingerprint density at radius 3 is 2.85 bits per heavy atom. The van der Waals surface area contributed by atoms with Crippen molar-refractivity contribution in [1.29, 1.82) is 0 Å². The van der Waals surface area contributed by atoms with Crippen LogP contribution in [0.5, 0.6) is 0 Å². The average Bonchev–Trinajstić information content (AvgIpc) is 2.86. The Hall–Kier alpha value is -1.16. The molecule has 1 atom stereocenters. The summed E-state index contributed by atoms with van der Waals surface area (Å²) in [4.78, 5) is 4.41. The van der Waals surface area contributed by atoms with Gasteiger partial charge in [-0.15, -0.1) is 0 Å². The molecule has 0 amide bonds. The van der Waals surface area contributed by atoms with Crippen molar-refractivity contribution in [2.45, 2.75) is 39.7 Å². The average molecular weight is 336 g/mol. The van der Waals surface area contributed by atoms with E-state index in [1.807, 2.05) is 4.68 Å². The monoisotopic (exact) mass is 335 g/mol. The number of benzene rings is 1. The molecular weight excluding hydrogens is 314 g/mol. The zero-order chi connectivity index (χ0) is 14.4. The van der Waals surface area contributed by atoms with Crippen LogP contribution in [0.4, 0.5) is 0 Å². The van der Waals surface area contributed by atoms with Gasteiger partial charge in [0, 0.05) is 18.3 Å². The van der Waals surface area contributed by atoms with Crippen LogP contribution < -0.4 is 0 Å². The van der Waals surface area contributed by atoms with Crippen LogP contribution in [0.25, 0.3) is 0 Å². The predicted molar refractivity (Wildman–Crippen MR) is 86.2 cm³/mol. The summed E-state index contributed by atoms with van der Waals surface area (Å²) in [6.45, 7) is 5.26. The Labute approximate surface area is 129 Å². The van der Waals surface area contributed by atoms with Gasteiger partial charge < -0.3 is 0 Å². The number of aryl methyl sites for hydroxylation is 2. The van der Waals surface area contributed by atoms with Crippen LogP contribution in [-0.4, -0.2) is 20.1 Å². The first-order valence-electron chi connectivity index (χ1n) is 7.21. The van der Waals surface area contributed by atoms with Crippen molar-refractivity contribution < 1.29 is 0 Å². The van der Waals surface area contributed by atoms with Gasteiger partial charge in [0.05, 0.1) is 0 Å². The molecule has 0 aliphatic heterocycles. The predicted octanol–water partition coefficient (Wildman–Crippen LogP) is 3.79. The summed E-state index contributed by atoms with van der Waals surface area (Å²) in [6, 6.07) is 8.76. The van der Waals surface area contributed by atoms with Gasteiger partial charge in [0.1, 0.15) is 12.2 Å². The number of rotatable bonds is 7. The van der Waals surface area contributed by atoms with Crippen LogP contribution in [0.15, 0.2) is 30.6 Å². The third-order valence-electron chi connectivity index (χ3n) is 3.43. The van der Waals surface area contributed by atoms with Crippen molar-refractivity contribution in [3.05, 3.63) is 47.5 Å². The lowest BCUT2D eigenvalue weighted by molar-refractivity contribution is 0.511. The standard InChI is InChI=1S/C16H22BrN3/c1-3-7-20-16(18-12-19-20)10-15(11-17)9-14-6-4-5-13(2)8-14/h4-6,8,12,15H,3,7,9-11H2,1-2H3. The molecule has 0 saturated carbocycles. The van der Waals surface area contributed by atoms with E-state index in [4.69, 9.17) is 0 Å². The first kappa shape index (κ1) is 15.2. The lowest BCUT2D eigenvalue weighted by atomic mass is 9.97. The van der Waals surface area contributed by atoms with Gasteiger partial charge in [-0.05, 0) is 31.2 Å². The van der Waals surface area contributed by atoms with Gasteiger partial charge in [0.2, 0.25) is 0 Å². The van der Waals surface area contributed by atoms with Gasteiger partial charge in [-0.25, -0.2) is 4.98 Å². The Kier molecular flexibility index (Phi) is 5.77. The van der Waals surface area contributed by atoms with Crippen LogP contribution >= 0.6 is 15.9 Å². The molecule has 1 unspecified atom stereocenters. The fourth-order valence-electron chi connectivity index (χ4n) is 2.46. The molecule has 20 heavy (non-hydrogen) atoms. The Balaban J connectivity index is 2.03. The van der Waals surface area contributed by atoms with E-state index in [9.17, 15) is 0 Å². The largest absolute Gasteiger partial charge is 0.250 e. The van der Waals surface area contributed by atoms with Gasteiger partial charge in [-0.2, -0.15) is 5.10 Å². The fraction of sp³-hybridized carbons (Fsp3) is 0.500. The molecule has 0 fully saturated rings. The van der Waals surface area contributed by atoms with Crippen LogP contribution in [0.3, 0.4) is 0 Å². The Morgan fingerprint density at radius 2 is 2.15 bits per heavy atom. The van der Waals surface area contributed by atoms with E-state index in [1.165, 1.54) is 11.1 Å². The highest BCUT2D eigenvalue weighted by Gasteiger charge is 2.13. The molecule has 0 aliphatic carbocycles. The molecule has 0 spiro atoms. The molecule has 1 aromatic carbocycles. The third-order valence-corrected chi connectivity index (χ3v) is 4.34. The van der Waals surface area contributed by atoms with Gasteiger partial charge >= 0.3 is 0 Å². The second kappa shape index (κ2) is 7.58. The highest BCUT2D eigenvalue weighted by molar-refractivity contribution is 9.09. The summed E-state index contributed by atoms with van der Waals surface area (Å²) in [7, 11) is 0. The molecule has 0 bridgehead atoms. The molecule has 1 heterocycles. The minimum absolute atomic E-state index is 0.552. The molecule has 4 heteroatoms. The summed E-state index contributed by atoms with van der Waals surface area (Å²) >= 11 is 3.64. The SMILES string of the molecule is CCCn1ncnc1CC(CBr)Cc1cccc(C)c1. The molecule has 1 aromatic heterocycles. The number of hydrogen-bond donors (Lipinski definition) is 0. The van der Waals surface area contributed by atoms with Crippen molar-refractivity contribution in [2.75, 3.05) is 5.33 Å². The van der Waals surface area contributed by atoms with E-state index in [-0.39, 0.29) is 0 Å². The normalized spacial score (nSPS) is 12.6. The van der Waals surface area contributed by atoms with Crippen molar-refractivity contribution in [1.82, 2.24) is 14.8 Å². The van der Waals surface area contributed by atoms with Gasteiger partial charge in [-0.3, -0.25) is 4.68 Å². The van der Waals surface area contributed by atoms with E-state index < -0.39 is 0 Å². The third kappa shape index (κ3) is 4.17. The second-order valence-corrected chi connectivity index (χ2v) is 5.96. The van der Waals surface area contributed by atoms with Crippen LogP contribution in [-0.2, 0) is 19.4 Å². The molecule has 3 nitrogen and oxygen atoms in total. The van der Waals surface area contributed by atoms with Crippen LogP contribution in [0.2, 0.25) is 0 Å². The fourth-order valence-corrected chi connectivity index (χ4v) is 2.91. The van der Waals surface area contributed by atoms with E-state index >= 15 is 0 Å². The van der Waals surface area contributed by atoms with Crippen LogP contribution in [0, 0.1) is 12.8 Å². The van der Waals surface area contributed by atoms with Crippen LogP contribution in [0.1, 0.15) is 30.3 Å². The first-order valence-corrected chi connectivity index (χ1v) is 8.33. The van der Waals surface area contributed by atoms with Gasteiger partial charge in [0.25, 0.3) is 0 Å².